The standard InChI is InChI=1S/C18H28N2O/c1-14-8-4-7-11-17(14)20(3)18(21)16-10-6-5-9-15(16)12-13-19-2/h5-6,9-10,14,17,19H,4,7-8,11-13H2,1-3H3. The van der Waals surface area contributed by atoms with Crippen LogP contribution >= 0.6 is 0 Å². The van der Waals surface area contributed by atoms with Crippen LogP contribution in [0.2, 0.25) is 0 Å². The molecule has 1 amide bonds. The minimum Gasteiger partial charge on any atom is -0.338 e. The molecule has 0 spiro atoms. The Morgan fingerprint density at radius 3 is 2.71 bits per heavy atom. The van der Waals surface area contributed by atoms with E-state index in [1.54, 1.807) is 0 Å². The van der Waals surface area contributed by atoms with Crippen molar-refractivity contribution in [3.8, 4) is 0 Å². The monoisotopic (exact) mass is 288 g/mol. The number of benzene rings is 1. The van der Waals surface area contributed by atoms with Gasteiger partial charge in [0.1, 0.15) is 0 Å². The van der Waals surface area contributed by atoms with Crippen LogP contribution in [0, 0.1) is 5.92 Å². The number of carbonyl (C=O) groups excluding carboxylic acids is 1. The number of amides is 1. The van der Waals surface area contributed by atoms with Crippen molar-refractivity contribution in [2.75, 3.05) is 20.6 Å². The maximum absolute atomic E-state index is 12.9. The van der Waals surface area contributed by atoms with Crippen LogP contribution in [-0.2, 0) is 6.42 Å². The zero-order valence-electron chi connectivity index (χ0n) is 13.6. The minimum atomic E-state index is 0.181. The molecule has 0 aliphatic heterocycles. The van der Waals surface area contributed by atoms with Crippen molar-refractivity contribution in [3.05, 3.63) is 35.4 Å². The normalized spacial score (nSPS) is 22.0. The van der Waals surface area contributed by atoms with E-state index in [1.807, 2.05) is 37.2 Å². The summed E-state index contributed by atoms with van der Waals surface area (Å²) in [6.45, 7) is 3.17. The van der Waals surface area contributed by atoms with Gasteiger partial charge in [0.15, 0.2) is 0 Å². The van der Waals surface area contributed by atoms with E-state index in [0.717, 1.165) is 30.5 Å². The summed E-state index contributed by atoms with van der Waals surface area (Å²) in [6, 6.07) is 8.42. The molecule has 1 N–H and O–H groups in total. The van der Waals surface area contributed by atoms with Crippen molar-refractivity contribution in [1.29, 1.82) is 0 Å². The molecule has 1 aromatic rings. The fourth-order valence-electron chi connectivity index (χ4n) is 3.42. The highest BCUT2D eigenvalue weighted by molar-refractivity contribution is 5.95. The summed E-state index contributed by atoms with van der Waals surface area (Å²) in [5, 5.41) is 3.16. The second kappa shape index (κ2) is 7.60. The number of nitrogens with zero attached hydrogens (tertiary/aromatic N) is 1. The van der Waals surface area contributed by atoms with Gasteiger partial charge < -0.3 is 10.2 Å². The molecule has 0 radical (unpaired) electrons. The lowest BCUT2D eigenvalue weighted by atomic mass is 9.84. The van der Waals surface area contributed by atoms with E-state index in [-0.39, 0.29) is 5.91 Å². The van der Waals surface area contributed by atoms with Crippen molar-refractivity contribution in [1.82, 2.24) is 10.2 Å². The molecule has 0 bridgehead atoms. The van der Waals surface area contributed by atoms with Crippen LogP contribution in [-0.4, -0.2) is 37.5 Å². The van der Waals surface area contributed by atoms with Gasteiger partial charge in [-0.05, 0) is 50.4 Å². The zero-order valence-corrected chi connectivity index (χ0v) is 13.6. The van der Waals surface area contributed by atoms with E-state index in [9.17, 15) is 4.79 Å². The number of carbonyl (C=O) groups is 1. The summed E-state index contributed by atoms with van der Waals surface area (Å²) in [6.07, 6.45) is 5.82. The molecule has 3 nitrogen and oxygen atoms in total. The molecule has 3 heteroatoms. The Morgan fingerprint density at radius 2 is 2.00 bits per heavy atom. The van der Waals surface area contributed by atoms with E-state index in [4.69, 9.17) is 0 Å². The van der Waals surface area contributed by atoms with Crippen LogP contribution < -0.4 is 5.32 Å². The van der Waals surface area contributed by atoms with E-state index in [2.05, 4.69) is 18.3 Å². The quantitative estimate of drug-likeness (QED) is 0.903. The summed E-state index contributed by atoms with van der Waals surface area (Å²) in [7, 11) is 3.92. The first-order chi connectivity index (χ1) is 10.1. The molecule has 1 aliphatic rings. The zero-order chi connectivity index (χ0) is 15.2. The van der Waals surface area contributed by atoms with Crippen LogP contribution in [0.5, 0.6) is 0 Å². The van der Waals surface area contributed by atoms with Crippen molar-refractivity contribution < 1.29 is 4.79 Å². The molecule has 1 saturated carbocycles. The Bertz CT molecular complexity index is 472. The number of likely N-dealkylation sites (N-methyl/N-ethyl adjacent to an activating group) is 1. The van der Waals surface area contributed by atoms with Gasteiger partial charge >= 0.3 is 0 Å². The van der Waals surface area contributed by atoms with Crippen molar-refractivity contribution >= 4 is 5.91 Å². The number of rotatable bonds is 5. The molecule has 2 unspecified atom stereocenters. The predicted octanol–water partition coefficient (Wildman–Crippen LogP) is 3.10. The largest absolute Gasteiger partial charge is 0.338 e. The molecule has 1 aliphatic carbocycles. The summed E-state index contributed by atoms with van der Waals surface area (Å²) in [5.41, 5.74) is 2.01. The fraction of sp³-hybridized carbons (Fsp3) is 0.611. The molecule has 1 aromatic carbocycles. The highest BCUT2D eigenvalue weighted by atomic mass is 16.2. The van der Waals surface area contributed by atoms with Crippen LogP contribution in [0.4, 0.5) is 0 Å². The topological polar surface area (TPSA) is 32.3 Å². The van der Waals surface area contributed by atoms with Gasteiger partial charge in [-0.15, -0.1) is 0 Å². The maximum Gasteiger partial charge on any atom is 0.254 e. The highest BCUT2D eigenvalue weighted by Crippen LogP contribution is 2.28. The van der Waals surface area contributed by atoms with Crippen molar-refractivity contribution in [2.45, 2.75) is 45.1 Å². The summed E-state index contributed by atoms with van der Waals surface area (Å²) >= 11 is 0. The molecule has 0 aromatic heterocycles. The molecular formula is C18H28N2O. The van der Waals surface area contributed by atoms with Gasteiger partial charge in [0.25, 0.3) is 5.91 Å². The third kappa shape index (κ3) is 3.85. The first kappa shape index (κ1) is 16.0. The van der Waals surface area contributed by atoms with E-state index in [0.29, 0.717) is 12.0 Å². The smallest absolute Gasteiger partial charge is 0.254 e. The van der Waals surface area contributed by atoms with Gasteiger partial charge in [-0.3, -0.25) is 4.79 Å². The molecule has 116 valence electrons. The Kier molecular flexibility index (Phi) is 5.80. The average Bonchev–Trinajstić information content (AvgIpc) is 2.52. The van der Waals surface area contributed by atoms with Gasteiger partial charge in [0, 0.05) is 18.7 Å². The minimum absolute atomic E-state index is 0.181. The van der Waals surface area contributed by atoms with Crippen molar-refractivity contribution in [2.24, 2.45) is 5.92 Å². The average molecular weight is 288 g/mol. The first-order valence-corrected chi connectivity index (χ1v) is 8.14. The van der Waals surface area contributed by atoms with Gasteiger partial charge in [0.05, 0.1) is 0 Å². The van der Waals surface area contributed by atoms with Gasteiger partial charge in [0.2, 0.25) is 0 Å². The third-order valence-electron chi connectivity index (χ3n) is 4.78. The van der Waals surface area contributed by atoms with E-state index >= 15 is 0 Å². The number of hydrogen-bond acceptors (Lipinski definition) is 2. The first-order valence-electron chi connectivity index (χ1n) is 8.14. The third-order valence-corrected chi connectivity index (χ3v) is 4.78. The Morgan fingerprint density at radius 1 is 1.29 bits per heavy atom. The Balaban J connectivity index is 2.15. The van der Waals surface area contributed by atoms with Crippen LogP contribution in [0.15, 0.2) is 24.3 Å². The Hall–Kier alpha value is -1.35. The molecule has 2 rings (SSSR count). The maximum atomic E-state index is 12.9. The lowest BCUT2D eigenvalue weighted by Crippen LogP contribution is -2.43. The summed E-state index contributed by atoms with van der Waals surface area (Å²) < 4.78 is 0. The Labute approximate surface area is 128 Å². The highest BCUT2D eigenvalue weighted by Gasteiger charge is 2.28. The van der Waals surface area contributed by atoms with Gasteiger partial charge in [-0.1, -0.05) is 38.0 Å². The molecule has 0 saturated heterocycles. The number of hydrogen-bond donors (Lipinski definition) is 1. The van der Waals surface area contributed by atoms with Crippen LogP contribution in [0.25, 0.3) is 0 Å². The predicted molar refractivity (Wildman–Crippen MR) is 87.6 cm³/mol. The van der Waals surface area contributed by atoms with Crippen LogP contribution in [0.1, 0.15) is 48.5 Å². The summed E-state index contributed by atoms with van der Waals surface area (Å²) in [4.78, 5) is 14.9. The lowest BCUT2D eigenvalue weighted by molar-refractivity contribution is 0.0628. The molecule has 2 atom stereocenters. The van der Waals surface area contributed by atoms with Crippen LogP contribution in [0.3, 0.4) is 0 Å². The molecular weight excluding hydrogens is 260 g/mol. The molecule has 21 heavy (non-hydrogen) atoms. The second-order valence-electron chi connectivity index (χ2n) is 6.26. The van der Waals surface area contributed by atoms with Crippen molar-refractivity contribution in [3.63, 3.8) is 0 Å². The second-order valence-corrected chi connectivity index (χ2v) is 6.26. The molecule has 0 heterocycles. The van der Waals surface area contributed by atoms with Gasteiger partial charge in [-0.2, -0.15) is 0 Å². The number of nitrogens with one attached hydrogen (secondary N) is 1. The fourth-order valence-corrected chi connectivity index (χ4v) is 3.42. The van der Waals surface area contributed by atoms with E-state index < -0.39 is 0 Å². The lowest BCUT2D eigenvalue weighted by Gasteiger charge is -2.36. The summed E-state index contributed by atoms with van der Waals surface area (Å²) in [5.74, 6) is 0.789. The van der Waals surface area contributed by atoms with E-state index in [1.165, 1.54) is 19.3 Å². The molecule has 1 fully saturated rings. The SMILES string of the molecule is CNCCc1ccccc1C(=O)N(C)C1CCCCC1C. The van der Waals surface area contributed by atoms with Gasteiger partial charge in [-0.25, -0.2) is 0 Å².